The van der Waals surface area contributed by atoms with Gasteiger partial charge in [0.2, 0.25) is 0 Å². The molecule has 0 aliphatic carbocycles. The van der Waals surface area contributed by atoms with E-state index in [1.807, 2.05) is 0 Å². The van der Waals surface area contributed by atoms with Crippen LogP contribution in [0.1, 0.15) is 11.1 Å². The average molecular weight is 292 g/mol. The van der Waals surface area contributed by atoms with Crippen molar-refractivity contribution in [3.05, 3.63) is 69.0 Å². The summed E-state index contributed by atoms with van der Waals surface area (Å²) in [5, 5.41) is 22.4. The number of aromatic nitrogens is 1. The van der Waals surface area contributed by atoms with Crippen LogP contribution in [0.2, 0.25) is 0 Å². The van der Waals surface area contributed by atoms with Crippen LogP contribution in [0.15, 0.2) is 47.6 Å². The Labute approximate surface area is 118 Å². The molecule has 20 heavy (non-hydrogen) atoms. The summed E-state index contributed by atoms with van der Waals surface area (Å²) in [5.74, 6) is 0.144. The molecule has 104 valence electrons. The largest absolute Gasteiger partial charge is 0.615 e. The van der Waals surface area contributed by atoms with Gasteiger partial charge in [0.05, 0.1) is 22.2 Å². The third kappa shape index (κ3) is 3.06. The normalized spacial score (nSPS) is 12.1. The predicted molar refractivity (Wildman–Crippen MR) is 73.3 cm³/mol. The second-order valence-electron chi connectivity index (χ2n) is 4.23. The molecule has 0 aliphatic rings. The third-order valence-electron chi connectivity index (χ3n) is 2.78. The van der Waals surface area contributed by atoms with Crippen LogP contribution in [0.4, 0.5) is 5.69 Å². The lowest BCUT2D eigenvalue weighted by molar-refractivity contribution is -0.646. The van der Waals surface area contributed by atoms with E-state index in [-0.39, 0.29) is 16.5 Å². The number of nitro benzene ring substituents is 1. The number of benzene rings is 1. The Morgan fingerprint density at radius 3 is 2.65 bits per heavy atom. The summed E-state index contributed by atoms with van der Waals surface area (Å²) in [6.07, 6.45) is 1.29. The maximum Gasteiger partial charge on any atom is 0.393 e. The quantitative estimate of drug-likeness (QED) is 0.282. The van der Waals surface area contributed by atoms with Crippen LogP contribution < -0.4 is 4.73 Å². The molecule has 1 unspecified atom stereocenters. The maximum absolute atomic E-state index is 12.1. The second-order valence-corrected chi connectivity index (χ2v) is 5.63. The molecule has 0 saturated carbocycles. The fraction of sp³-hybridized carbons (Fsp3) is 0.154. The minimum absolute atomic E-state index is 0.0260. The van der Waals surface area contributed by atoms with Crippen molar-refractivity contribution >= 4 is 16.9 Å². The number of nitro groups is 1. The van der Waals surface area contributed by atoms with Gasteiger partial charge in [0, 0.05) is 23.3 Å². The average Bonchev–Trinajstić information content (AvgIpc) is 2.38. The summed E-state index contributed by atoms with van der Waals surface area (Å²) in [4.78, 5) is 10.3. The molecule has 0 spiro atoms. The van der Waals surface area contributed by atoms with Crippen LogP contribution in [-0.4, -0.2) is 9.48 Å². The van der Waals surface area contributed by atoms with Gasteiger partial charge in [-0.1, -0.05) is 0 Å². The van der Waals surface area contributed by atoms with Gasteiger partial charge < -0.3 is 9.76 Å². The fourth-order valence-electron chi connectivity index (χ4n) is 1.83. The van der Waals surface area contributed by atoms with Crippen molar-refractivity contribution in [2.24, 2.45) is 0 Å². The lowest BCUT2D eigenvalue weighted by Crippen LogP contribution is -2.33. The molecule has 6 nitrogen and oxygen atoms in total. The topological polar surface area (TPSA) is 93.1 Å². The Balaban J connectivity index is 2.20. The van der Waals surface area contributed by atoms with Crippen LogP contribution in [0, 0.1) is 22.2 Å². The Kier molecular flexibility index (Phi) is 4.21. The van der Waals surface area contributed by atoms with Gasteiger partial charge in [0.1, 0.15) is 5.75 Å². The molecule has 1 aromatic heterocycles. The zero-order chi connectivity index (χ0) is 14.7. The number of hydrogen-bond acceptors (Lipinski definition) is 4. The monoisotopic (exact) mass is 292 g/mol. The van der Waals surface area contributed by atoms with Gasteiger partial charge in [-0.2, -0.15) is 0 Å². The molecule has 0 aliphatic heterocycles. The molecule has 2 aromatic rings. The van der Waals surface area contributed by atoms with Crippen molar-refractivity contribution < 1.29 is 14.2 Å². The van der Waals surface area contributed by atoms with E-state index in [4.69, 9.17) is 0 Å². The summed E-state index contributed by atoms with van der Waals surface area (Å²) in [7, 11) is 0. The van der Waals surface area contributed by atoms with Gasteiger partial charge in [0.25, 0.3) is 5.69 Å². The second kappa shape index (κ2) is 5.89. The first-order chi connectivity index (χ1) is 9.49. The molecule has 0 bridgehead atoms. The molecule has 1 atom stereocenters. The molecule has 0 amide bonds. The minimum Gasteiger partial charge on any atom is -0.615 e. The van der Waals surface area contributed by atoms with E-state index in [0.29, 0.717) is 15.9 Å². The highest BCUT2D eigenvalue weighted by atomic mass is 32.2. The lowest BCUT2D eigenvalue weighted by Gasteiger charge is -2.09. The van der Waals surface area contributed by atoms with Crippen molar-refractivity contribution in [3.8, 4) is 0 Å². The van der Waals surface area contributed by atoms with E-state index in [0.717, 1.165) is 0 Å². The molecule has 0 N–H and O–H groups in total. The highest BCUT2D eigenvalue weighted by Crippen LogP contribution is 2.21. The molecule has 0 radical (unpaired) electrons. The summed E-state index contributed by atoms with van der Waals surface area (Å²) in [5.41, 5.74) is 1.22. The van der Waals surface area contributed by atoms with Gasteiger partial charge in [-0.3, -0.25) is 10.1 Å². The summed E-state index contributed by atoms with van der Waals surface area (Å²) < 4.78 is 12.7. The highest BCUT2D eigenvalue weighted by Gasteiger charge is 2.21. The predicted octanol–water partition coefficient (Wildman–Crippen LogP) is 1.84. The van der Waals surface area contributed by atoms with E-state index in [1.165, 1.54) is 18.3 Å². The number of rotatable bonds is 4. The lowest BCUT2D eigenvalue weighted by atomic mass is 10.1. The smallest absolute Gasteiger partial charge is 0.393 e. The third-order valence-corrected chi connectivity index (χ3v) is 4.16. The standard InChI is InChI=1S/C13H12N2O4S/c1-10-8-11(5-6-12(10)15(17)18)9-20(19)13-4-2-3-7-14(13)16/h2-8H,9H2,1H3. The summed E-state index contributed by atoms with van der Waals surface area (Å²) >= 11 is -1.49. The van der Waals surface area contributed by atoms with E-state index >= 15 is 0 Å². The molecule has 1 aromatic carbocycles. The van der Waals surface area contributed by atoms with Crippen molar-refractivity contribution in [2.75, 3.05) is 0 Å². The first-order valence-electron chi connectivity index (χ1n) is 5.79. The highest BCUT2D eigenvalue weighted by molar-refractivity contribution is 7.90. The minimum atomic E-state index is -1.49. The fourth-order valence-corrected chi connectivity index (χ4v) is 2.95. The van der Waals surface area contributed by atoms with Crippen molar-refractivity contribution in [1.82, 2.24) is 0 Å². The van der Waals surface area contributed by atoms with E-state index in [9.17, 15) is 19.9 Å². The van der Waals surface area contributed by atoms with Gasteiger partial charge in [-0.05, 0) is 25.1 Å². The molecule has 2 rings (SSSR count). The summed E-state index contributed by atoms with van der Waals surface area (Å²) in [6.45, 7) is 1.63. The first-order valence-corrected chi connectivity index (χ1v) is 7.11. The summed E-state index contributed by atoms with van der Waals surface area (Å²) in [6, 6.07) is 9.27. The van der Waals surface area contributed by atoms with Gasteiger partial charge in [-0.15, -0.1) is 4.73 Å². The van der Waals surface area contributed by atoms with Gasteiger partial charge in [-0.25, -0.2) is 0 Å². The van der Waals surface area contributed by atoms with E-state index in [2.05, 4.69) is 0 Å². The number of pyridine rings is 1. The van der Waals surface area contributed by atoms with Gasteiger partial charge >= 0.3 is 5.03 Å². The maximum atomic E-state index is 12.1. The SMILES string of the molecule is Cc1cc(C[S+]([O-])c2cccc[n+]2[O-])ccc1[N+](=O)[O-]. The van der Waals surface area contributed by atoms with E-state index in [1.54, 1.807) is 31.2 Å². The van der Waals surface area contributed by atoms with Crippen LogP contribution >= 0.6 is 0 Å². The first kappa shape index (κ1) is 14.3. The van der Waals surface area contributed by atoms with Crippen LogP contribution in [0.5, 0.6) is 0 Å². The molecular weight excluding hydrogens is 280 g/mol. The Hall–Kier alpha value is -2.12. The molecule has 0 fully saturated rings. The molecule has 1 heterocycles. The Morgan fingerprint density at radius 1 is 1.30 bits per heavy atom. The van der Waals surface area contributed by atoms with Crippen LogP contribution in [0.3, 0.4) is 0 Å². The zero-order valence-corrected chi connectivity index (χ0v) is 11.5. The number of nitrogens with zero attached hydrogens (tertiary/aromatic N) is 2. The van der Waals surface area contributed by atoms with Crippen molar-refractivity contribution in [2.45, 2.75) is 17.7 Å². The zero-order valence-electron chi connectivity index (χ0n) is 10.7. The number of aryl methyl sites for hydroxylation is 1. The molecular formula is C13H12N2O4S. The molecule has 7 heteroatoms. The van der Waals surface area contributed by atoms with Crippen molar-refractivity contribution in [3.63, 3.8) is 0 Å². The van der Waals surface area contributed by atoms with Crippen LogP contribution in [0.25, 0.3) is 0 Å². The Bertz CT molecular complexity index is 648. The Morgan fingerprint density at radius 2 is 2.05 bits per heavy atom. The van der Waals surface area contributed by atoms with Crippen LogP contribution in [-0.2, 0) is 16.9 Å². The van der Waals surface area contributed by atoms with E-state index < -0.39 is 16.1 Å². The number of hydrogen-bond donors (Lipinski definition) is 0. The molecule has 0 saturated heterocycles. The van der Waals surface area contributed by atoms with Crippen molar-refractivity contribution in [1.29, 1.82) is 0 Å². The van der Waals surface area contributed by atoms with Gasteiger partial charge in [0.15, 0.2) is 6.20 Å².